The van der Waals surface area contributed by atoms with Crippen LogP contribution < -0.4 is 5.32 Å². The number of fused-ring (bicyclic) bond motifs is 1. The Labute approximate surface area is 179 Å². The maximum atomic E-state index is 6.41. The molecule has 160 valence electrons. The number of pyridine rings is 1. The minimum atomic E-state index is 0.0960. The summed E-state index contributed by atoms with van der Waals surface area (Å²) >= 11 is 0. The van der Waals surface area contributed by atoms with Crippen LogP contribution in [0.15, 0.2) is 36.7 Å². The van der Waals surface area contributed by atoms with Gasteiger partial charge in [-0.15, -0.1) is 0 Å². The molecule has 0 aromatic carbocycles. The maximum Gasteiger partial charge on any atom is 0.0691 e. The van der Waals surface area contributed by atoms with Crippen molar-refractivity contribution in [2.75, 3.05) is 13.2 Å². The molecule has 2 aliphatic carbocycles. The van der Waals surface area contributed by atoms with Gasteiger partial charge in [-0.2, -0.15) is 5.10 Å². The van der Waals surface area contributed by atoms with Crippen molar-refractivity contribution in [2.45, 2.75) is 87.3 Å². The molecule has 2 unspecified atom stereocenters. The zero-order chi connectivity index (χ0) is 20.0. The first kappa shape index (κ1) is 19.0. The van der Waals surface area contributed by atoms with E-state index in [0.717, 1.165) is 38.3 Å². The lowest BCUT2D eigenvalue weighted by molar-refractivity contribution is -0.104. The molecule has 2 aromatic rings. The molecule has 5 heteroatoms. The number of rotatable bonds is 6. The van der Waals surface area contributed by atoms with Gasteiger partial charge in [-0.05, 0) is 82.0 Å². The number of nitrogens with one attached hydrogen (secondary N) is 1. The van der Waals surface area contributed by atoms with Gasteiger partial charge >= 0.3 is 0 Å². The number of aromatic nitrogens is 3. The Bertz CT molecular complexity index is 870. The lowest BCUT2D eigenvalue weighted by atomic mass is 9.68. The summed E-state index contributed by atoms with van der Waals surface area (Å²) in [6.07, 6.45) is 16.3. The lowest BCUT2D eigenvalue weighted by Crippen LogP contribution is -2.47. The monoisotopic (exact) mass is 406 g/mol. The zero-order valence-corrected chi connectivity index (χ0v) is 17.9. The summed E-state index contributed by atoms with van der Waals surface area (Å²) in [6, 6.07) is 9.72. The molecule has 5 nitrogen and oxygen atoms in total. The smallest absolute Gasteiger partial charge is 0.0691 e. The highest BCUT2D eigenvalue weighted by atomic mass is 16.5. The van der Waals surface area contributed by atoms with Gasteiger partial charge < -0.3 is 10.1 Å². The highest BCUT2D eigenvalue weighted by Gasteiger charge is 2.48. The van der Waals surface area contributed by atoms with E-state index < -0.39 is 0 Å². The minimum Gasteiger partial charge on any atom is -0.375 e. The van der Waals surface area contributed by atoms with E-state index in [9.17, 15) is 0 Å². The molecular formula is C25H34N4O. The van der Waals surface area contributed by atoms with Gasteiger partial charge in [0.1, 0.15) is 0 Å². The largest absolute Gasteiger partial charge is 0.375 e. The van der Waals surface area contributed by atoms with E-state index in [-0.39, 0.29) is 11.0 Å². The molecule has 2 aromatic heterocycles. The molecule has 1 saturated heterocycles. The van der Waals surface area contributed by atoms with Gasteiger partial charge in [0.25, 0.3) is 0 Å². The van der Waals surface area contributed by atoms with Gasteiger partial charge in [0.05, 0.1) is 23.4 Å². The maximum absolute atomic E-state index is 6.41. The van der Waals surface area contributed by atoms with Crippen LogP contribution in [0.1, 0.15) is 87.7 Å². The summed E-state index contributed by atoms with van der Waals surface area (Å²) in [4.78, 5) is 4.85. The number of hydrogen-bond acceptors (Lipinski definition) is 4. The van der Waals surface area contributed by atoms with E-state index >= 15 is 0 Å². The van der Waals surface area contributed by atoms with Crippen LogP contribution in [0.5, 0.6) is 0 Å². The average Bonchev–Trinajstić information content (AvgIpc) is 3.17. The molecule has 2 aliphatic heterocycles. The third-order valence-corrected chi connectivity index (χ3v) is 8.38. The Morgan fingerprint density at radius 3 is 2.80 bits per heavy atom. The van der Waals surface area contributed by atoms with Crippen LogP contribution in [0.3, 0.4) is 0 Å². The Hall–Kier alpha value is -1.72. The van der Waals surface area contributed by atoms with Crippen LogP contribution >= 0.6 is 0 Å². The molecular weight excluding hydrogens is 372 g/mol. The van der Waals surface area contributed by atoms with Gasteiger partial charge in [-0.25, -0.2) is 0 Å². The Morgan fingerprint density at radius 2 is 2.00 bits per heavy atom. The summed E-state index contributed by atoms with van der Waals surface area (Å²) in [5.41, 5.74) is 2.89. The molecule has 0 radical (unpaired) electrons. The topological polar surface area (TPSA) is 52.0 Å². The second-order valence-corrected chi connectivity index (χ2v) is 10.3. The number of hydrogen-bond donors (Lipinski definition) is 1. The minimum absolute atomic E-state index is 0.0960. The van der Waals surface area contributed by atoms with Crippen LogP contribution in [-0.4, -0.2) is 33.5 Å². The van der Waals surface area contributed by atoms with Gasteiger partial charge in [0.15, 0.2) is 0 Å². The van der Waals surface area contributed by atoms with Crippen molar-refractivity contribution < 1.29 is 4.74 Å². The van der Waals surface area contributed by atoms with E-state index in [1.54, 1.807) is 0 Å². The molecule has 2 saturated carbocycles. The predicted molar refractivity (Wildman–Crippen MR) is 116 cm³/mol. The van der Waals surface area contributed by atoms with Crippen molar-refractivity contribution >= 4 is 0 Å². The molecule has 3 fully saturated rings. The molecule has 1 N–H and O–H groups in total. The van der Waals surface area contributed by atoms with E-state index in [1.165, 1.54) is 56.3 Å². The van der Waals surface area contributed by atoms with E-state index in [2.05, 4.69) is 33.3 Å². The fourth-order valence-corrected chi connectivity index (χ4v) is 6.68. The summed E-state index contributed by atoms with van der Waals surface area (Å²) < 4.78 is 8.72. The fraction of sp³-hybridized carbons (Fsp3) is 0.680. The first-order chi connectivity index (χ1) is 14.8. The van der Waals surface area contributed by atoms with Gasteiger partial charge in [-0.1, -0.05) is 18.9 Å². The van der Waals surface area contributed by atoms with E-state index in [0.29, 0.717) is 12.1 Å². The number of ether oxygens (including phenoxy) is 1. The van der Waals surface area contributed by atoms with Crippen LogP contribution in [0, 0.1) is 5.92 Å². The van der Waals surface area contributed by atoms with E-state index in [4.69, 9.17) is 9.72 Å². The van der Waals surface area contributed by atoms with Gasteiger partial charge in [0.2, 0.25) is 0 Å². The highest BCUT2D eigenvalue weighted by Crippen LogP contribution is 2.50. The summed E-state index contributed by atoms with van der Waals surface area (Å²) in [7, 11) is 0. The van der Waals surface area contributed by atoms with Crippen LogP contribution in [0.25, 0.3) is 0 Å². The quantitative estimate of drug-likeness (QED) is 0.754. The van der Waals surface area contributed by atoms with E-state index in [1.807, 2.05) is 18.5 Å². The average molecular weight is 407 g/mol. The highest BCUT2D eigenvalue weighted by molar-refractivity contribution is 5.21. The van der Waals surface area contributed by atoms with Crippen molar-refractivity contribution in [1.82, 2.24) is 20.1 Å². The van der Waals surface area contributed by atoms with Crippen molar-refractivity contribution in [3.63, 3.8) is 0 Å². The zero-order valence-electron chi connectivity index (χ0n) is 17.9. The predicted octanol–water partition coefficient (Wildman–Crippen LogP) is 4.71. The Kier molecular flexibility index (Phi) is 4.72. The molecule has 0 amide bonds. The van der Waals surface area contributed by atoms with Crippen molar-refractivity contribution in [2.24, 2.45) is 5.92 Å². The Balaban J connectivity index is 1.19. The third-order valence-electron chi connectivity index (χ3n) is 8.38. The number of nitrogens with zero attached hydrogens (tertiary/aromatic N) is 3. The first-order valence-electron chi connectivity index (χ1n) is 12.1. The van der Waals surface area contributed by atoms with Crippen LogP contribution in [0.4, 0.5) is 0 Å². The summed E-state index contributed by atoms with van der Waals surface area (Å²) in [5, 5.41) is 8.58. The molecule has 3 atom stereocenters. The fourth-order valence-electron chi connectivity index (χ4n) is 6.68. The van der Waals surface area contributed by atoms with Crippen LogP contribution in [-0.2, 0) is 10.2 Å². The molecule has 1 spiro atoms. The third kappa shape index (κ3) is 3.31. The molecule has 0 bridgehead atoms. The van der Waals surface area contributed by atoms with Crippen molar-refractivity contribution in [3.8, 4) is 0 Å². The lowest BCUT2D eigenvalue weighted by Gasteiger charge is -2.46. The summed E-state index contributed by atoms with van der Waals surface area (Å²) in [6.45, 7) is 1.90. The molecule has 4 heterocycles. The molecule has 4 aliphatic rings. The first-order valence-corrected chi connectivity index (χ1v) is 12.1. The second kappa shape index (κ2) is 7.45. The van der Waals surface area contributed by atoms with Gasteiger partial charge in [0, 0.05) is 30.1 Å². The SMILES string of the molecule is c1ccc([C@]2(CCNC3CC(C4CC4)n4nccc43)CCOC3(CCCC3)C2)nc1. The molecule has 30 heavy (non-hydrogen) atoms. The molecule has 6 rings (SSSR count). The standard InChI is InChI=1S/C25H34N4O/c1-4-13-27-23(5-1)24(12-16-30-25(18-24)9-2-3-10-25)11-15-26-20-17-22(19-6-7-19)29-21(20)8-14-28-29/h1,4-5,8,13-14,19-20,22,26H,2-3,6-7,9-12,15-18H2/t20?,22?,24-/m1/s1. The van der Waals surface area contributed by atoms with Crippen molar-refractivity contribution in [3.05, 3.63) is 48.0 Å². The Morgan fingerprint density at radius 1 is 1.10 bits per heavy atom. The summed E-state index contributed by atoms with van der Waals surface area (Å²) in [5.74, 6) is 0.855. The normalized spacial score (nSPS) is 32.5. The van der Waals surface area contributed by atoms with Gasteiger partial charge in [-0.3, -0.25) is 9.67 Å². The van der Waals surface area contributed by atoms with Crippen LogP contribution in [0.2, 0.25) is 0 Å². The van der Waals surface area contributed by atoms with Crippen molar-refractivity contribution in [1.29, 1.82) is 0 Å². The second-order valence-electron chi connectivity index (χ2n) is 10.3.